The van der Waals surface area contributed by atoms with Gasteiger partial charge < -0.3 is 42.4 Å². The largest absolute Gasteiger partial charge is 0.378 e. The van der Waals surface area contributed by atoms with Crippen molar-refractivity contribution in [3.63, 3.8) is 0 Å². The third kappa shape index (κ3) is 11.9. The third-order valence-corrected chi connectivity index (χ3v) is 10.5. The summed E-state index contributed by atoms with van der Waals surface area (Å²) in [5.41, 5.74) is 16.7. The fourth-order valence-corrected chi connectivity index (χ4v) is 7.12. The lowest BCUT2D eigenvalue weighted by atomic mass is 10.0. The fourth-order valence-electron chi connectivity index (χ4n) is 7.12. The number of carbonyl (C=O) groups is 5. The van der Waals surface area contributed by atoms with Crippen LogP contribution in [-0.2, 0) is 23.9 Å². The molecule has 6 rings (SSSR count). The summed E-state index contributed by atoms with van der Waals surface area (Å²) in [6.07, 6.45) is 3.25. The summed E-state index contributed by atoms with van der Waals surface area (Å²) >= 11 is 0. The number of anilines is 1. The number of para-hydroxylation sites is 1. The van der Waals surface area contributed by atoms with Crippen molar-refractivity contribution in [1.29, 1.82) is 0 Å². The van der Waals surface area contributed by atoms with Gasteiger partial charge in [-0.2, -0.15) is 5.10 Å². The van der Waals surface area contributed by atoms with Crippen LogP contribution in [0.4, 0.5) is 5.69 Å². The van der Waals surface area contributed by atoms with Crippen molar-refractivity contribution in [2.75, 3.05) is 37.7 Å². The van der Waals surface area contributed by atoms with Crippen LogP contribution >= 0.6 is 0 Å². The average molecular weight is 858 g/mol. The first-order valence-corrected chi connectivity index (χ1v) is 21.2. The van der Waals surface area contributed by atoms with Gasteiger partial charge in [0.2, 0.25) is 23.6 Å². The topological polar surface area (TPSA) is 241 Å². The Morgan fingerprint density at radius 2 is 1.54 bits per heavy atom. The van der Waals surface area contributed by atoms with E-state index in [1.54, 1.807) is 22.8 Å². The van der Waals surface area contributed by atoms with E-state index in [9.17, 15) is 24.0 Å². The molecule has 1 aliphatic rings. The highest BCUT2D eigenvalue weighted by Gasteiger charge is 2.28. The zero-order valence-corrected chi connectivity index (χ0v) is 36.0. The minimum Gasteiger partial charge on any atom is -0.378 e. The molecule has 1 saturated heterocycles. The van der Waals surface area contributed by atoms with Crippen molar-refractivity contribution in [1.82, 2.24) is 40.8 Å². The lowest BCUT2D eigenvalue weighted by Crippen LogP contribution is -2.56. The third-order valence-electron chi connectivity index (χ3n) is 10.5. The van der Waals surface area contributed by atoms with Crippen molar-refractivity contribution in [3.8, 4) is 23.1 Å². The maximum atomic E-state index is 13.2. The number of morpholine rings is 1. The van der Waals surface area contributed by atoms with E-state index in [0.717, 1.165) is 35.2 Å². The van der Waals surface area contributed by atoms with Crippen LogP contribution < -0.4 is 37.6 Å². The molecule has 5 aromatic rings. The molecular formula is C46H55N11O6. The first-order chi connectivity index (χ1) is 30.3. The van der Waals surface area contributed by atoms with E-state index in [0.29, 0.717) is 67.3 Å². The average Bonchev–Trinajstić information content (AvgIpc) is 3.66. The quantitative estimate of drug-likeness (QED) is 0.0586. The van der Waals surface area contributed by atoms with Crippen molar-refractivity contribution < 1.29 is 28.7 Å². The Labute approximate surface area is 366 Å². The second kappa shape index (κ2) is 21.3. The first kappa shape index (κ1) is 45.6. The van der Waals surface area contributed by atoms with Gasteiger partial charge in [0.15, 0.2) is 5.65 Å². The van der Waals surface area contributed by atoms with E-state index in [-0.39, 0.29) is 18.2 Å². The van der Waals surface area contributed by atoms with E-state index in [4.69, 9.17) is 26.2 Å². The Morgan fingerprint density at radius 3 is 2.25 bits per heavy atom. The van der Waals surface area contributed by atoms with Crippen LogP contribution in [0.1, 0.15) is 75.1 Å². The fraction of sp³-hybridized carbons (Fsp3) is 0.391. The van der Waals surface area contributed by atoms with E-state index in [2.05, 4.69) is 43.1 Å². The van der Waals surface area contributed by atoms with Crippen molar-refractivity contribution in [2.45, 2.75) is 77.5 Å². The second-order valence-electron chi connectivity index (χ2n) is 16.0. The second-order valence-corrected chi connectivity index (χ2v) is 16.0. The minimum atomic E-state index is -1.02. The number of rotatable bonds is 17. The molecule has 4 unspecified atom stereocenters. The van der Waals surface area contributed by atoms with E-state index in [1.165, 1.54) is 13.8 Å². The van der Waals surface area contributed by atoms with Crippen LogP contribution in [0.2, 0.25) is 0 Å². The Balaban J connectivity index is 1.07. The molecule has 0 bridgehead atoms. The number of hydrogen-bond acceptors (Lipinski definition) is 11. The molecule has 17 heteroatoms. The number of pyridine rings is 1. The number of benzene rings is 2. The molecule has 1 fully saturated rings. The highest BCUT2D eigenvalue weighted by atomic mass is 16.5. The van der Waals surface area contributed by atoms with Crippen molar-refractivity contribution >= 4 is 51.8 Å². The van der Waals surface area contributed by atoms with Crippen molar-refractivity contribution in [3.05, 3.63) is 89.9 Å². The van der Waals surface area contributed by atoms with Gasteiger partial charge in [0.1, 0.15) is 35.2 Å². The van der Waals surface area contributed by atoms with Gasteiger partial charge in [-0.3, -0.25) is 24.0 Å². The molecule has 330 valence electrons. The number of amides is 5. The monoisotopic (exact) mass is 857 g/mol. The van der Waals surface area contributed by atoms with Crippen LogP contribution in [0.3, 0.4) is 0 Å². The van der Waals surface area contributed by atoms with Crippen LogP contribution in [0, 0.1) is 17.8 Å². The maximum absolute atomic E-state index is 13.2. The lowest BCUT2D eigenvalue weighted by molar-refractivity contribution is -0.133. The molecule has 5 amide bonds. The predicted molar refractivity (Wildman–Crippen MR) is 239 cm³/mol. The Kier molecular flexibility index (Phi) is 15.4. The van der Waals surface area contributed by atoms with E-state index >= 15 is 0 Å². The van der Waals surface area contributed by atoms with Gasteiger partial charge in [-0.05, 0) is 87.6 Å². The minimum absolute atomic E-state index is 0.0742. The number of unbranched alkanes of at least 4 members (excludes halogenated alkanes) is 1. The van der Waals surface area contributed by atoms with Crippen LogP contribution in [-0.4, -0.2) is 106 Å². The molecule has 2 aromatic carbocycles. The number of ether oxygens (including phenoxy) is 1. The molecule has 1 aliphatic heterocycles. The standard InChI is InChI=1S/C46H55N11O6/c1-28(2)27-38(55-43(59)29(3)47)46(62)51-30(4)44(60)54-37(41(48)58)11-7-8-21-49-45(61)33-14-12-32(13-15-33)40-36(19-18-34-17-16-31-9-5-6-10-35(31)52-34)53-42-39(20-22-50-57(40)42)56-23-25-63-26-24-56/h5-6,9-10,12-17,20,22,28-30,37-38H,7-8,11,21,23-27,47H2,1-4H3,(H2,48,58)(H,49,61)(H,51,62)(H,54,60)(H,55,59). The zero-order chi connectivity index (χ0) is 45.0. The molecule has 63 heavy (non-hydrogen) atoms. The maximum Gasteiger partial charge on any atom is 0.251 e. The van der Waals surface area contributed by atoms with Crippen molar-refractivity contribution in [2.24, 2.45) is 17.4 Å². The Morgan fingerprint density at radius 1 is 0.810 bits per heavy atom. The molecular weight excluding hydrogens is 803 g/mol. The summed E-state index contributed by atoms with van der Waals surface area (Å²) in [4.78, 5) is 75.5. The molecule has 0 aliphatic carbocycles. The predicted octanol–water partition coefficient (Wildman–Crippen LogP) is 2.43. The number of fused-ring (bicyclic) bond motifs is 2. The van der Waals surface area contributed by atoms with Crippen LogP contribution in [0.25, 0.3) is 27.8 Å². The van der Waals surface area contributed by atoms with Crippen LogP contribution in [0.5, 0.6) is 0 Å². The number of carbonyl (C=O) groups excluding carboxylic acids is 5. The summed E-state index contributed by atoms with van der Waals surface area (Å²) in [5.74, 6) is 3.87. The summed E-state index contributed by atoms with van der Waals surface area (Å²) in [6.45, 7) is 9.75. The number of nitrogens with one attached hydrogen (secondary N) is 4. The molecule has 0 saturated carbocycles. The van der Waals surface area contributed by atoms with Gasteiger partial charge in [-0.15, -0.1) is 0 Å². The molecule has 0 radical (unpaired) electrons. The van der Waals surface area contributed by atoms with Gasteiger partial charge in [-0.1, -0.05) is 50.2 Å². The number of nitrogens with zero attached hydrogens (tertiary/aromatic N) is 5. The molecule has 3 aromatic heterocycles. The lowest BCUT2D eigenvalue weighted by Gasteiger charge is -2.28. The molecule has 8 N–H and O–H groups in total. The van der Waals surface area contributed by atoms with E-state index in [1.807, 2.05) is 68.4 Å². The zero-order valence-electron chi connectivity index (χ0n) is 36.0. The summed E-state index contributed by atoms with van der Waals surface area (Å²) in [6, 6.07) is 17.1. The van der Waals surface area contributed by atoms with Gasteiger partial charge >= 0.3 is 0 Å². The SMILES string of the molecule is CC(C)CC(NC(=O)C(C)N)C(=O)NC(C)C(=O)NC(CCCCNC(=O)c1ccc(-c2c(C#Cc3ccc4ccccc4n3)nc3c(N4CCOCC4)ccnn23)cc1)C(N)=O. The number of primary amides is 1. The molecule has 4 heterocycles. The molecule has 4 atom stereocenters. The summed E-state index contributed by atoms with van der Waals surface area (Å²) in [5, 5.41) is 16.4. The Hall–Kier alpha value is -6.90. The first-order valence-electron chi connectivity index (χ1n) is 21.2. The number of aromatic nitrogens is 4. The van der Waals surface area contributed by atoms with Gasteiger partial charge in [0, 0.05) is 36.1 Å². The van der Waals surface area contributed by atoms with Gasteiger partial charge in [-0.25, -0.2) is 14.5 Å². The summed E-state index contributed by atoms with van der Waals surface area (Å²) in [7, 11) is 0. The Bertz CT molecular complexity index is 2500. The number of hydrogen-bond donors (Lipinski definition) is 6. The highest BCUT2D eigenvalue weighted by Crippen LogP contribution is 2.30. The number of nitrogens with two attached hydrogens (primary N) is 2. The van der Waals surface area contributed by atoms with Gasteiger partial charge in [0.05, 0.1) is 36.7 Å². The number of imidazole rings is 1. The smallest absolute Gasteiger partial charge is 0.251 e. The molecule has 17 nitrogen and oxygen atoms in total. The van der Waals surface area contributed by atoms with Crippen LogP contribution in [0.15, 0.2) is 72.9 Å². The summed E-state index contributed by atoms with van der Waals surface area (Å²) < 4.78 is 7.37. The van der Waals surface area contributed by atoms with Gasteiger partial charge in [0.25, 0.3) is 5.91 Å². The van der Waals surface area contributed by atoms with E-state index < -0.39 is 47.8 Å². The normalized spacial score (nSPS) is 14.5. The highest BCUT2D eigenvalue weighted by molar-refractivity contribution is 5.95. The molecule has 0 spiro atoms.